The summed E-state index contributed by atoms with van der Waals surface area (Å²) in [5, 5.41) is 16.4. The minimum absolute atomic E-state index is 0.0203. The van der Waals surface area contributed by atoms with Crippen LogP contribution in [0.2, 0.25) is 0 Å². The molecular formula is C37H38N2O6. The molecule has 2 aliphatic rings. The lowest BCUT2D eigenvalue weighted by Crippen LogP contribution is -2.45. The number of nitrogens with one attached hydrogen (secondary N) is 2. The molecule has 3 aromatic rings. The molecule has 0 aliphatic carbocycles. The van der Waals surface area contributed by atoms with Gasteiger partial charge in [-0.25, -0.2) is 9.59 Å². The zero-order valence-electron chi connectivity index (χ0n) is 25.9. The smallest absolute Gasteiger partial charge is 0.336 e. The molecule has 5 rings (SSSR count). The number of rotatable bonds is 9. The normalized spacial score (nSPS) is 20.7. The zero-order valence-corrected chi connectivity index (χ0v) is 25.9. The number of hydrogen-bond donors (Lipinski definition) is 3. The zero-order chi connectivity index (χ0) is 32.2. The fraction of sp³-hybridized carbons (Fsp3) is 0.297. The third kappa shape index (κ3) is 6.45. The Morgan fingerprint density at radius 2 is 1.29 bits per heavy atom. The van der Waals surface area contributed by atoms with Crippen LogP contribution in [0.25, 0.3) is 11.1 Å². The van der Waals surface area contributed by atoms with E-state index < -0.39 is 18.0 Å². The van der Waals surface area contributed by atoms with Crippen molar-refractivity contribution in [1.82, 2.24) is 10.6 Å². The summed E-state index contributed by atoms with van der Waals surface area (Å²) >= 11 is 0. The molecule has 0 bridgehead atoms. The second-order valence-corrected chi connectivity index (χ2v) is 11.8. The molecule has 3 aromatic carbocycles. The lowest BCUT2D eigenvalue weighted by Gasteiger charge is -2.34. The van der Waals surface area contributed by atoms with Crippen LogP contribution in [0.1, 0.15) is 77.9 Å². The highest BCUT2D eigenvalue weighted by Crippen LogP contribution is 2.36. The van der Waals surface area contributed by atoms with Crippen molar-refractivity contribution < 1.29 is 29.0 Å². The van der Waals surface area contributed by atoms with Crippen LogP contribution in [0.5, 0.6) is 5.75 Å². The molecule has 8 nitrogen and oxygen atoms in total. The largest absolute Gasteiger partial charge is 0.478 e. The van der Waals surface area contributed by atoms with Gasteiger partial charge in [-0.05, 0) is 63.9 Å². The van der Waals surface area contributed by atoms with E-state index in [1.54, 1.807) is 54.6 Å². The second kappa shape index (κ2) is 13.3. The first-order valence-corrected chi connectivity index (χ1v) is 15.4. The molecule has 2 amide bonds. The first-order valence-electron chi connectivity index (χ1n) is 15.4. The Bertz CT molecular complexity index is 1700. The molecule has 4 unspecified atom stereocenters. The summed E-state index contributed by atoms with van der Waals surface area (Å²) in [6.07, 6.45) is 3.13. The lowest BCUT2D eigenvalue weighted by atomic mass is 9.79. The number of carbonyl (C=O) groups is 4. The van der Waals surface area contributed by atoms with E-state index >= 15 is 0 Å². The van der Waals surface area contributed by atoms with E-state index in [2.05, 4.69) is 10.6 Å². The summed E-state index contributed by atoms with van der Waals surface area (Å²) in [6, 6.07) is 20.3. The van der Waals surface area contributed by atoms with Crippen molar-refractivity contribution in [2.75, 3.05) is 0 Å². The van der Waals surface area contributed by atoms with Gasteiger partial charge < -0.3 is 20.5 Å². The molecule has 0 saturated heterocycles. The standard InChI is InChI=1S/C37H38N2O6/c1-5-21(3)33-29(25-11-7-9-13-27(25)35(41)38-33)20-31(40)45-24-17-15-23(16-18-24)19-30(37(43)44)32-26-12-8-10-14-28(26)36(42)39-34(32)22(4)6-2/h7-18,20-22,33-34H,5-6,19H2,1-4H3,(H,38,41)(H,39,42)(H,43,44)/b29-20+,32-30?. The fourth-order valence-electron chi connectivity index (χ4n) is 6.07. The van der Waals surface area contributed by atoms with Gasteiger partial charge in [-0.2, -0.15) is 0 Å². The van der Waals surface area contributed by atoms with E-state index in [-0.39, 0.29) is 41.7 Å². The Morgan fingerprint density at radius 3 is 1.87 bits per heavy atom. The van der Waals surface area contributed by atoms with E-state index in [4.69, 9.17) is 4.74 Å². The summed E-state index contributed by atoms with van der Waals surface area (Å²) in [5.41, 5.74) is 4.56. The Balaban J connectivity index is 1.42. The number of carboxylic acid groups (broad SMARTS) is 1. The fourth-order valence-corrected chi connectivity index (χ4v) is 6.07. The molecule has 0 aromatic heterocycles. The molecule has 2 heterocycles. The molecule has 0 fully saturated rings. The van der Waals surface area contributed by atoms with Crippen LogP contribution in [0, 0.1) is 11.8 Å². The minimum Gasteiger partial charge on any atom is -0.478 e. The van der Waals surface area contributed by atoms with Crippen LogP contribution in [-0.2, 0) is 16.0 Å². The predicted octanol–water partition coefficient (Wildman–Crippen LogP) is 6.07. The number of benzene rings is 3. The number of fused-ring (bicyclic) bond motifs is 2. The van der Waals surface area contributed by atoms with E-state index in [0.717, 1.165) is 18.4 Å². The summed E-state index contributed by atoms with van der Waals surface area (Å²) in [7, 11) is 0. The van der Waals surface area contributed by atoms with Gasteiger partial charge in [0.2, 0.25) is 0 Å². The van der Waals surface area contributed by atoms with E-state index in [1.807, 2.05) is 45.9 Å². The quantitative estimate of drug-likeness (QED) is 0.154. The van der Waals surface area contributed by atoms with Gasteiger partial charge in [0, 0.05) is 29.2 Å². The van der Waals surface area contributed by atoms with Gasteiger partial charge in [0.05, 0.1) is 12.1 Å². The van der Waals surface area contributed by atoms with Gasteiger partial charge in [-0.15, -0.1) is 0 Å². The van der Waals surface area contributed by atoms with Gasteiger partial charge in [-0.1, -0.05) is 89.1 Å². The second-order valence-electron chi connectivity index (χ2n) is 11.8. The molecule has 3 N–H and O–H groups in total. The van der Waals surface area contributed by atoms with Gasteiger partial charge in [-0.3, -0.25) is 9.59 Å². The van der Waals surface area contributed by atoms with Crippen molar-refractivity contribution in [3.8, 4) is 5.75 Å². The number of ether oxygens (including phenoxy) is 1. The molecular weight excluding hydrogens is 568 g/mol. The van der Waals surface area contributed by atoms with E-state index in [0.29, 0.717) is 39.1 Å². The SMILES string of the molecule is CCC(C)C1NC(=O)c2ccccc2C1=C(Cc1ccc(OC(=O)/C=C2\c3ccccc3C(=O)NC2C(C)CC)cc1)C(=O)O. The predicted molar refractivity (Wildman–Crippen MR) is 173 cm³/mol. The van der Waals surface area contributed by atoms with Crippen LogP contribution in [0.3, 0.4) is 0 Å². The van der Waals surface area contributed by atoms with Crippen molar-refractivity contribution in [3.63, 3.8) is 0 Å². The summed E-state index contributed by atoms with van der Waals surface area (Å²) in [6.45, 7) is 8.08. The topological polar surface area (TPSA) is 122 Å². The van der Waals surface area contributed by atoms with Gasteiger partial charge in [0.1, 0.15) is 5.75 Å². The maximum Gasteiger partial charge on any atom is 0.336 e. The van der Waals surface area contributed by atoms with Crippen LogP contribution < -0.4 is 15.4 Å². The molecule has 0 saturated carbocycles. The molecule has 0 spiro atoms. The van der Waals surface area contributed by atoms with Crippen molar-refractivity contribution in [3.05, 3.63) is 112 Å². The molecule has 45 heavy (non-hydrogen) atoms. The highest BCUT2D eigenvalue weighted by atomic mass is 16.5. The summed E-state index contributed by atoms with van der Waals surface area (Å²) in [5.74, 6) is -1.57. The third-order valence-electron chi connectivity index (χ3n) is 8.97. The Morgan fingerprint density at radius 1 is 0.778 bits per heavy atom. The number of hydrogen-bond acceptors (Lipinski definition) is 5. The van der Waals surface area contributed by atoms with Crippen LogP contribution in [0.4, 0.5) is 0 Å². The number of aliphatic carboxylic acids is 1. The third-order valence-corrected chi connectivity index (χ3v) is 8.97. The first-order chi connectivity index (χ1) is 21.6. The van der Waals surface area contributed by atoms with E-state index in [9.17, 15) is 24.3 Å². The van der Waals surface area contributed by atoms with Crippen LogP contribution in [0.15, 0.2) is 84.4 Å². The number of carbonyl (C=O) groups excluding carboxylic acids is 3. The average molecular weight is 607 g/mol. The maximum absolute atomic E-state index is 13.1. The molecule has 0 radical (unpaired) electrons. The monoisotopic (exact) mass is 606 g/mol. The molecule has 232 valence electrons. The Hall–Kier alpha value is -4.98. The van der Waals surface area contributed by atoms with E-state index in [1.165, 1.54) is 6.08 Å². The van der Waals surface area contributed by atoms with Crippen LogP contribution >= 0.6 is 0 Å². The maximum atomic E-state index is 13.1. The average Bonchev–Trinajstić information content (AvgIpc) is 3.05. The summed E-state index contributed by atoms with van der Waals surface area (Å²) < 4.78 is 5.66. The number of carboxylic acids is 1. The van der Waals surface area contributed by atoms with Gasteiger partial charge >= 0.3 is 11.9 Å². The highest BCUT2D eigenvalue weighted by molar-refractivity contribution is 6.09. The van der Waals surface area contributed by atoms with Gasteiger partial charge in [0.15, 0.2) is 0 Å². The summed E-state index contributed by atoms with van der Waals surface area (Å²) in [4.78, 5) is 51.4. The molecule has 4 atom stereocenters. The molecule has 8 heteroatoms. The van der Waals surface area contributed by atoms with Crippen LogP contribution in [-0.4, -0.2) is 40.9 Å². The molecule has 2 aliphatic heterocycles. The first kappa shape index (κ1) is 31.4. The van der Waals surface area contributed by atoms with Crippen molar-refractivity contribution >= 4 is 34.9 Å². The number of esters is 1. The van der Waals surface area contributed by atoms with Crippen molar-refractivity contribution in [1.29, 1.82) is 0 Å². The Labute approximate surface area is 263 Å². The van der Waals surface area contributed by atoms with Crippen molar-refractivity contribution in [2.45, 2.75) is 59.0 Å². The Kier molecular flexibility index (Phi) is 9.32. The highest BCUT2D eigenvalue weighted by Gasteiger charge is 2.35. The van der Waals surface area contributed by atoms with Crippen molar-refractivity contribution in [2.24, 2.45) is 11.8 Å². The minimum atomic E-state index is -1.05. The van der Waals surface area contributed by atoms with Gasteiger partial charge in [0.25, 0.3) is 11.8 Å². The number of amides is 2. The lowest BCUT2D eigenvalue weighted by molar-refractivity contribution is -0.132.